The summed E-state index contributed by atoms with van der Waals surface area (Å²) < 4.78 is 5.77. The molecule has 1 atom stereocenters. The highest BCUT2D eigenvalue weighted by Gasteiger charge is 1.99. The number of nitrogens with one attached hydrogen (secondary N) is 1. The summed E-state index contributed by atoms with van der Waals surface area (Å²) in [7, 11) is 0. The molecule has 2 nitrogen and oxygen atoms in total. The molecule has 0 saturated carbocycles. The molecule has 0 fully saturated rings. The molecule has 0 aliphatic carbocycles. The molecule has 0 radical (unpaired) electrons. The third-order valence-corrected chi connectivity index (χ3v) is 3.44. The second-order valence-corrected chi connectivity index (χ2v) is 5.11. The maximum Gasteiger partial charge on any atom is 0.119 e. The van der Waals surface area contributed by atoms with Crippen LogP contribution in [0.5, 0.6) is 5.75 Å². The Morgan fingerprint density at radius 2 is 1.65 bits per heavy atom. The van der Waals surface area contributed by atoms with Gasteiger partial charge in [-0.3, -0.25) is 0 Å². The smallest absolute Gasteiger partial charge is 0.119 e. The number of benzene rings is 2. The van der Waals surface area contributed by atoms with Crippen LogP contribution in [0.3, 0.4) is 0 Å². The van der Waals surface area contributed by atoms with E-state index in [2.05, 4.69) is 43.4 Å². The van der Waals surface area contributed by atoms with Crippen molar-refractivity contribution >= 4 is 0 Å². The minimum Gasteiger partial charge on any atom is -0.489 e. The van der Waals surface area contributed by atoms with Gasteiger partial charge in [-0.25, -0.2) is 0 Å². The van der Waals surface area contributed by atoms with Gasteiger partial charge in [-0.1, -0.05) is 49.4 Å². The van der Waals surface area contributed by atoms with Crippen LogP contribution in [-0.2, 0) is 13.2 Å². The second-order valence-electron chi connectivity index (χ2n) is 5.11. The van der Waals surface area contributed by atoms with Gasteiger partial charge in [0.2, 0.25) is 0 Å². The summed E-state index contributed by atoms with van der Waals surface area (Å²) in [6.45, 7) is 5.93. The first-order valence-corrected chi connectivity index (χ1v) is 7.27. The Hall–Kier alpha value is -1.80. The minimum absolute atomic E-state index is 0.559. The third kappa shape index (κ3) is 4.71. The van der Waals surface area contributed by atoms with E-state index in [0.717, 1.165) is 18.7 Å². The lowest BCUT2D eigenvalue weighted by Gasteiger charge is -2.12. The fourth-order valence-electron chi connectivity index (χ4n) is 1.88. The van der Waals surface area contributed by atoms with Gasteiger partial charge < -0.3 is 10.1 Å². The maximum atomic E-state index is 5.77. The van der Waals surface area contributed by atoms with E-state index < -0.39 is 0 Å². The maximum absolute atomic E-state index is 5.77. The summed E-state index contributed by atoms with van der Waals surface area (Å²) in [5.41, 5.74) is 2.48. The molecule has 0 heterocycles. The van der Waals surface area contributed by atoms with Gasteiger partial charge in [0.05, 0.1) is 0 Å². The summed E-state index contributed by atoms with van der Waals surface area (Å²) in [4.78, 5) is 0. The molecule has 2 rings (SSSR count). The Balaban J connectivity index is 1.82. The molecule has 0 bridgehead atoms. The molecule has 0 amide bonds. The molecule has 2 heteroatoms. The molecule has 1 unspecified atom stereocenters. The van der Waals surface area contributed by atoms with Crippen LogP contribution >= 0.6 is 0 Å². The summed E-state index contributed by atoms with van der Waals surface area (Å²) in [5.74, 6) is 0.918. The van der Waals surface area contributed by atoms with Crippen LogP contribution < -0.4 is 10.1 Å². The van der Waals surface area contributed by atoms with Gasteiger partial charge in [0.1, 0.15) is 12.4 Å². The molecular weight excluding hydrogens is 246 g/mol. The normalized spacial score (nSPS) is 12.1. The van der Waals surface area contributed by atoms with Crippen LogP contribution in [-0.4, -0.2) is 6.04 Å². The molecule has 0 aromatic heterocycles. The molecule has 2 aromatic carbocycles. The summed E-state index contributed by atoms with van der Waals surface area (Å²) in [6.07, 6.45) is 1.15. The van der Waals surface area contributed by atoms with E-state index in [1.807, 2.05) is 30.3 Å². The van der Waals surface area contributed by atoms with Crippen LogP contribution in [0, 0.1) is 0 Å². The van der Waals surface area contributed by atoms with E-state index in [0.29, 0.717) is 12.6 Å². The average Bonchev–Trinajstić information content (AvgIpc) is 2.52. The molecular formula is C18H23NO. The van der Waals surface area contributed by atoms with E-state index >= 15 is 0 Å². The van der Waals surface area contributed by atoms with E-state index in [1.54, 1.807) is 0 Å². The van der Waals surface area contributed by atoms with Gasteiger partial charge >= 0.3 is 0 Å². The molecule has 0 aliphatic rings. The number of rotatable bonds is 7. The fraction of sp³-hybridized carbons (Fsp3) is 0.333. The lowest BCUT2D eigenvalue weighted by atomic mass is 10.2. The van der Waals surface area contributed by atoms with E-state index in [4.69, 9.17) is 4.74 Å². The quantitative estimate of drug-likeness (QED) is 0.815. The Bertz CT molecular complexity index is 493. The fourth-order valence-corrected chi connectivity index (χ4v) is 1.88. The lowest BCUT2D eigenvalue weighted by Crippen LogP contribution is -2.24. The SMILES string of the molecule is CCC(C)NCc1ccc(OCc2ccccc2)cc1. The zero-order valence-electron chi connectivity index (χ0n) is 12.3. The van der Waals surface area contributed by atoms with Crippen molar-refractivity contribution in [2.24, 2.45) is 0 Å². The monoisotopic (exact) mass is 269 g/mol. The lowest BCUT2D eigenvalue weighted by molar-refractivity contribution is 0.306. The van der Waals surface area contributed by atoms with E-state index in [-0.39, 0.29) is 0 Å². The minimum atomic E-state index is 0.559. The van der Waals surface area contributed by atoms with E-state index in [1.165, 1.54) is 11.1 Å². The van der Waals surface area contributed by atoms with Gasteiger partial charge in [0, 0.05) is 12.6 Å². The van der Waals surface area contributed by atoms with Crippen molar-refractivity contribution in [2.75, 3.05) is 0 Å². The van der Waals surface area contributed by atoms with Crippen molar-refractivity contribution in [1.82, 2.24) is 5.32 Å². The standard InChI is InChI=1S/C18H23NO/c1-3-15(2)19-13-16-9-11-18(12-10-16)20-14-17-7-5-4-6-8-17/h4-12,15,19H,3,13-14H2,1-2H3. The van der Waals surface area contributed by atoms with Gasteiger partial charge in [-0.2, -0.15) is 0 Å². The van der Waals surface area contributed by atoms with Crippen molar-refractivity contribution in [3.8, 4) is 5.75 Å². The summed E-state index contributed by atoms with van der Waals surface area (Å²) in [6, 6.07) is 19.1. The molecule has 1 N–H and O–H groups in total. The Morgan fingerprint density at radius 1 is 0.950 bits per heavy atom. The highest BCUT2D eigenvalue weighted by molar-refractivity contribution is 5.27. The highest BCUT2D eigenvalue weighted by Crippen LogP contribution is 2.14. The second kappa shape index (κ2) is 7.71. The molecule has 106 valence electrons. The van der Waals surface area contributed by atoms with Gasteiger partial charge in [-0.15, -0.1) is 0 Å². The molecule has 0 spiro atoms. The molecule has 20 heavy (non-hydrogen) atoms. The molecule has 2 aromatic rings. The van der Waals surface area contributed by atoms with Gasteiger partial charge in [-0.05, 0) is 36.6 Å². The Kier molecular flexibility index (Phi) is 5.63. The van der Waals surface area contributed by atoms with Crippen molar-refractivity contribution in [1.29, 1.82) is 0 Å². The predicted molar refractivity (Wildman–Crippen MR) is 83.8 cm³/mol. The van der Waals surface area contributed by atoms with Crippen molar-refractivity contribution in [3.63, 3.8) is 0 Å². The first-order chi connectivity index (χ1) is 9.78. The number of ether oxygens (including phenoxy) is 1. The largest absolute Gasteiger partial charge is 0.489 e. The van der Waals surface area contributed by atoms with Crippen molar-refractivity contribution < 1.29 is 4.74 Å². The molecule has 0 saturated heterocycles. The number of hydrogen-bond donors (Lipinski definition) is 1. The summed E-state index contributed by atoms with van der Waals surface area (Å²) >= 11 is 0. The topological polar surface area (TPSA) is 21.3 Å². The third-order valence-electron chi connectivity index (χ3n) is 3.44. The predicted octanol–water partition coefficient (Wildman–Crippen LogP) is 4.15. The first-order valence-electron chi connectivity index (χ1n) is 7.27. The van der Waals surface area contributed by atoms with Gasteiger partial charge in [0.25, 0.3) is 0 Å². The average molecular weight is 269 g/mol. The highest BCUT2D eigenvalue weighted by atomic mass is 16.5. The van der Waals surface area contributed by atoms with Crippen LogP contribution in [0.4, 0.5) is 0 Å². The van der Waals surface area contributed by atoms with Crippen LogP contribution in [0.1, 0.15) is 31.4 Å². The van der Waals surface area contributed by atoms with Crippen LogP contribution in [0.25, 0.3) is 0 Å². The van der Waals surface area contributed by atoms with Gasteiger partial charge in [0.15, 0.2) is 0 Å². The van der Waals surface area contributed by atoms with Crippen LogP contribution in [0.2, 0.25) is 0 Å². The van der Waals surface area contributed by atoms with Crippen molar-refractivity contribution in [3.05, 3.63) is 65.7 Å². The first kappa shape index (κ1) is 14.6. The number of hydrogen-bond acceptors (Lipinski definition) is 2. The Labute approximate surface area is 121 Å². The Morgan fingerprint density at radius 3 is 2.30 bits per heavy atom. The summed E-state index contributed by atoms with van der Waals surface area (Å²) in [5, 5.41) is 3.49. The zero-order valence-corrected chi connectivity index (χ0v) is 12.3. The zero-order chi connectivity index (χ0) is 14.2. The van der Waals surface area contributed by atoms with Crippen molar-refractivity contribution in [2.45, 2.75) is 39.5 Å². The molecule has 0 aliphatic heterocycles. The van der Waals surface area contributed by atoms with Crippen LogP contribution in [0.15, 0.2) is 54.6 Å². The van der Waals surface area contributed by atoms with E-state index in [9.17, 15) is 0 Å².